The van der Waals surface area contributed by atoms with Crippen molar-refractivity contribution in [2.75, 3.05) is 6.61 Å². The molecular weight excluding hydrogens is 224 g/mol. The quantitative estimate of drug-likeness (QED) is 0.416. The monoisotopic (exact) mass is 242 g/mol. The van der Waals surface area contributed by atoms with Crippen molar-refractivity contribution in [3.8, 4) is 0 Å². The summed E-state index contributed by atoms with van der Waals surface area (Å²) in [6.07, 6.45) is 10.2. The van der Waals surface area contributed by atoms with Gasteiger partial charge in [0.1, 0.15) is 0 Å². The van der Waals surface area contributed by atoms with E-state index in [-0.39, 0.29) is 5.78 Å². The molecule has 1 rings (SSSR count). The Balaban J connectivity index is 2.16. The molecule has 0 fully saturated rings. The highest BCUT2D eigenvalue weighted by Crippen LogP contribution is 2.00. The summed E-state index contributed by atoms with van der Waals surface area (Å²) in [7, 11) is 0. The maximum Gasteiger partial charge on any atom is 0.178 e. The summed E-state index contributed by atoms with van der Waals surface area (Å²) in [4.78, 5) is 11.1. The first-order valence-corrected chi connectivity index (χ1v) is 5.94. The number of carbonyl (C=O) groups is 1. The Hall–Kier alpha value is -1.93. The molecule has 0 spiro atoms. The minimum atomic E-state index is -0.00708. The summed E-state index contributed by atoms with van der Waals surface area (Å²) in [5, 5.41) is 0. The van der Waals surface area contributed by atoms with E-state index in [1.165, 1.54) is 12.2 Å². The van der Waals surface area contributed by atoms with E-state index < -0.39 is 0 Å². The minimum Gasteiger partial charge on any atom is -0.373 e. The smallest absolute Gasteiger partial charge is 0.178 e. The van der Waals surface area contributed by atoms with E-state index in [9.17, 15) is 4.79 Å². The number of hydrogen-bond donors (Lipinski definition) is 0. The summed E-state index contributed by atoms with van der Waals surface area (Å²) >= 11 is 0. The zero-order valence-corrected chi connectivity index (χ0v) is 10.6. The second-order valence-electron chi connectivity index (χ2n) is 3.69. The van der Waals surface area contributed by atoms with Gasteiger partial charge in [-0.1, -0.05) is 54.6 Å². The van der Waals surface area contributed by atoms with Gasteiger partial charge in [0, 0.05) is 0 Å². The van der Waals surface area contributed by atoms with E-state index in [0.29, 0.717) is 13.2 Å². The highest BCUT2D eigenvalue weighted by atomic mass is 16.5. The van der Waals surface area contributed by atoms with Gasteiger partial charge in [-0.2, -0.15) is 0 Å². The Morgan fingerprint density at radius 2 is 1.94 bits per heavy atom. The van der Waals surface area contributed by atoms with Crippen molar-refractivity contribution in [3.63, 3.8) is 0 Å². The van der Waals surface area contributed by atoms with Gasteiger partial charge in [0.05, 0.1) is 13.2 Å². The fourth-order valence-corrected chi connectivity index (χ4v) is 1.32. The van der Waals surface area contributed by atoms with Gasteiger partial charge in [-0.15, -0.1) is 0 Å². The number of rotatable bonds is 7. The number of ether oxygens (including phenoxy) is 1. The SMILES string of the molecule is C/C=C/C(=O)/C=C/C=C\COCc1ccccc1. The summed E-state index contributed by atoms with van der Waals surface area (Å²) in [5.41, 5.74) is 1.16. The molecule has 0 unspecified atom stereocenters. The third-order valence-corrected chi connectivity index (χ3v) is 2.16. The average molecular weight is 242 g/mol. The zero-order valence-electron chi connectivity index (χ0n) is 10.6. The molecule has 0 N–H and O–H groups in total. The van der Waals surface area contributed by atoms with Crippen LogP contribution >= 0.6 is 0 Å². The lowest BCUT2D eigenvalue weighted by Gasteiger charge is -2.00. The van der Waals surface area contributed by atoms with Gasteiger partial charge in [0.15, 0.2) is 5.78 Å². The van der Waals surface area contributed by atoms with Crippen LogP contribution in [0.15, 0.2) is 66.8 Å². The fraction of sp³-hybridized carbons (Fsp3) is 0.188. The van der Waals surface area contributed by atoms with Crippen LogP contribution in [0.25, 0.3) is 0 Å². The van der Waals surface area contributed by atoms with Crippen molar-refractivity contribution in [1.82, 2.24) is 0 Å². The second-order valence-corrected chi connectivity index (χ2v) is 3.69. The highest BCUT2D eigenvalue weighted by molar-refractivity contribution is 5.99. The number of hydrogen-bond acceptors (Lipinski definition) is 2. The molecule has 0 aliphatic heterocycles. The Labute approximate surface area is 108 Å². The molecule has 94 valence electrons. The lowest BCUT2D eigenvalue weighted by molar-refractivity contribution is -0.110. The normalized spacial score (nSPS) is 11.8. The van der Waals surface area contributed by atoms with Gasteiger partial charge >= 0.3 is 0 Å². The molecule has 0 heterocycles. The van der Waals surface area contributed by atoms with Crippen molar-refractivity contribution < 1.29 is 9.53 Å². The third-order valence-electron chi connectivity index (χ3n) is 2.16. The molecule has 0 radical (unpaired) electrons. The summed E-state index contributed by atoms with van der Waals surface area (Å²) in [5.74, 6) is -0.00708. The largest absolute Gasteiger partial charge is 0.373 e. The van der Waals surface area contributed by atoms with Crippen LogP contribution in [0.2, 0.25) is 0 Å². The number of carbonyl (C=O) groups excluding carboxylic acids is 1. The predicted molar refractivity (Wildman–Crippen MR) is 74.2 cm³/mol. The van der Waals surface area contributed by atoms with Crippen LogP contribution in [0.5, 0.6) is 0 Å². The lowest BCUT2D eigenvalue weighted by atomic mass is 10.2. The molecule has 0 aliphatic rings. The van der Waals surface area contributed by atoms with Gasteiger partial charge in [0.2, 0.25) is 0 Å². The Morgan fingerprint density at radius 1 is 1.17 bits per heavy atom. The third kappa shape index (κ3) is 6.61. The number of ketones is 1. The highest BCUT2D eigenvalue weighted by Gasteiger charge is 1.88. The van der Waals surface area contributed by atoms with Crippen LogP contribution in [0.1, 0.15) is 12.5 Å². The summed E-state index contributed by atoms with van der Waals surface area (Å²) in [6, 6.07) is 10.0. The van der Waals surface area contributed by atoms with E-state index in [1.54, 1.807) is 12.2 Å². The zero-order chi connectivity index (χ0) is 13.1. The molecule has 0 amide bonds. The topological polar surface area (TPSA) is 26.3 Å². The van der Waals surface area contributed by atoms with Crippen LogP contribution < -0.4 is 0 Å². The standard InChI is InChI=1S/C16H18O2/c1-2-9-16(17)12-7-4-8-13-18-14-15-10-5-3-6-11-15/h2-12H,13-14H2,1H3/b8-4-,9-2+,12-7+. The molecule has 0 atom stereocenters. The van der Waals surface area contributed by atoms with E-state index in [4.69, 9.17) is 4.74 Å². The average Bonchev–Trinajstić information content (AvgIpc) is 2.39. The first-order valence-electron chi connectivity index (χ1n) is 5.94. The van der Waals surface area contributed by atoms with Crippen molar-refractivity contribution in [2.24, 2.45) is 0 Å². The van der Waals surface area contributed by atoms with E-state index in [1.807, 2.05) is 49.4 Å². The second kappa shape index (κ2) is 9.14. The van der Waals surface area contributed by atoms with E-state index >= 15 is 0 Å². The maximum absolute atomic E-state index is 11.1. The van der Waals surface area contributed by atoms with Crippen molar-refractivity contribution >= 4 is 5.78 Å². The van der Waals surface area contributed by atoms with Gasteiger partial charge in [0.25, 0.3) is 0 Å². The molecular formula is C16H18O2. The molecule has 0 aromatic heterocycles. The Bertz CT molecular complexity index is 428. The van der Waals surface area contributed by atoms with Gasteiger partial charge in [-0.25, -0.2) is 0 Å². The number of benzene rings is 1. The molecule has 1 aromatic rings. The molecule has 18 heavy (non-hydrogen) atoms. The molecule has 2 heteroatoms. The molecule has 2 nitrogen and oxygen atoms in total. The van der Waals surface area contributed by atoms with Crippen LogP contribution in [0.3, 0.4) is 0 Å². The fourth-order valence-electron chi connectivity index (χ4n) is 1.32. The van der Waals surface area contributed by atoms with Crippen molar-refractivity contribution in [2.45, 2.75) is 13.5 Å². The maximum atomic E-state index is 11.1. The van der Waals surface area contributed by atoms with Gasteiger partial charge in [-0.3, -0.25) is 4.79 Å². The van der Waals surface area contributed by atoms with Crippen LogP contribution in [-0.2, 0) is 16.1 Å². The molecule has 0 aliphatic carbocycles. The van der Waals surface area contributed by atoms with Crippen LogP contribution in [0.4, 0.5) is 0 Å². The predicted octanol–water partition coefficient (Wildman–Crippen LogP) is 3.46. The first-order chi connectivity index (χ1) is 8.83. The van der Waals surface area contributed by atoms with E-state index in [0.717, 1.165) is 5.56 Å². The van der Waals surface area contributed by atoms with Gasteiger partial charge in [-0.05, 0) is 24.6 Å². The summed E-state index contributed by atoms with van der Waals surface area (Å²) in [6.45, 7) is 2.96. The summed E-state index contributed by atoms with van der Waals surface area (Å²) < 4.78 is 5.45. The molecule has 0 saturated carbocycles. The van der Waals surface area contributed by atoms with Crippen LogP contribution in [0, 0.1) is 0 Å². The number of allylic oxidation sites excluding steroid dienone is 5. The Kier molecular flexibility index (Phi) is 7.17. The minimum absolute atomic E-state index is 0.00708. The molecule has 0 saturated heterocycles. The van der Waals surface area contributed by atoms with Gasteiger partial charge < -0.3 is 4.74 Å². The first kappa shape index (κ1) is 14.1. The molecule has 0 bridgehead atoms. The van der Waals surface area contributed by atoms with Crippen molar-refractivity contribution in [1.29, 1.82) is 0 Å². The lowest BCUT2D eigenvalue weighted by Crippen LogP contribution is -1.91. The van der Waals surface area contributed by atoms with Crippen LogP contribution in [-0.4, -0.2) is 12.4 Å². The Morgan fingerprint density at radius 3 is 2.67 bits per heavy atom. The molecule has 1 aromatic carbocycles. The van der Waals surface area contributed by atoms with E-state index in [2.05, 4.69) is 0 Å². The van der Waals surface area contributed by atoms with Crippen molar-refractivity contribution in [3.05, 3.63) is 72.4 Å².